The van der Waals surface area contributed by atoms with Crippen molar-refractivity contribution in [3.05, 3.63) is 49.0 Å². The van der Waals surface area contributed by atoms with E-state index in [1.54, 1.807) is 11.0 Å². The Balaban J connectivity index is 2.43. The molecule has 0 aromatic heterocycles. The monoisotopic (exact) mass is 461 g/mol. The van der Waals surface area contributed by atoms with E-state index in [0.717, 1.165) is 37.1 Å². The normalized spacial score (nSPS) is 14.8. The summed E-state index contributed by atoms with van der Waals surface area (Å²) in [5, 5.41) is 18.4. The molecule has 33 heavy (non-hydrogen) atoms. The maximum Gasteiger partial charge on any atom is 0.326 e. The lowest BCUT2D eigenvalue weighted by Gasteiger charge is -2.29. The maximum absolute atomic E-state index is 11.7. The number of hydrogen-bond donors (Lipinski definition) is 5. The van der Waals surface area contributed by atoms with Crippen molar-refractivity contribution in [2.75, 3.05) is 13.1 Å². The lowest BCUT2D eigenvalue weighted by molar-refractivity contribution is -0.139. The van der Waals surface area contributed by atoms with Crippen LogP contribution in [-0.2, 0) is 9.59 Å². The molecule has 1 heterocycles. The molecule has 6 N–H and O–H groups in total. The fourth-order valence-electron chi connectivity index (χ4n) is 3.56. The molecule has 0 aromatic carbocycles. The highest BCUT2D eigenvalue weighted by Gasteiger charge is 2.23. The topological polar surface area (TPSA) is 137 Å². The van der Waals surface area contributed by atoms with E-state index in [2.05, 4.69) is 35.7 Å². The first-order chi connectivity index (χ1) is 15.5. The summed E-state index contributed by atoms with van der Waals surface area (Å²) in [5.74, 6) is -0.834. The van der Waals surface area contributed by atoms with Crippen molar-refractivity contribution in [1.82, 2.24) is 20.9 Å². The van der Waals surface area contributed by atoms with Crippen LogP contribution in [0.1, 0.15) is 52.4 Å². The number of unbranched alkanes of at least 4 members (excludes halogenated alkanes) is 2. The first-order valence-corrected chi connectivity index (χ1v) is 11.4. The lowest BCUT2D eigenvalue weighted by Crippen LogP contribution is -2.45. The Kier molecular flexibility index (Phi) is 11.8. The van der Waals surface area contributed by atoms with Gasteiger partial charge in [-0.15, -0.1) is 0 Å². The summed E-state index contributed by atoms with van der Waals surface area (Å²) in [4.78, 5) is 35.8. The van der Waals surface area contributed by atoms with Gasteiger partial charge in [-0.05, 0) is 44.1 Å². The van der Waals surface area contributed by atoms with E-state index >= 15 is 0 Å². The van der Waals surface area contributed by atoms with Crippen LogP contribution < -0.4 is 21.7 Å². The van der Waals surface area contributed by atoms with E-state index in [9.17, 15) is 19.5 Å². The second-order valence-corrected chi connectivity index (χ2v) is 8.59. The summed E-state index contributed by atoms with van der Waals surface area (Å²) in [6.07, 6.45) is 7.58. The van der Waals surface area contributed by atoms with E-state index < -0.39 is 18.0 Å². The molecule has 0 aliphatic carbocycles. The number of rotatable bonds is 17. The van der Waals surface area contributed by atoms with E-state index in [-0.39, 0.29) is 17.9 Å². The van der Waals surface area contributed by atoms with Crippen LogP contribution in [0.3, 0.4) is 0 Å². The van der Waals surface area contributed by atoms with Crippen molar-refractivity contribution in [3.8, 4) is 0 Å². The Morgan fingerprint density at radius 2 is 1.82 bits per heavy atom. The Hall–Kier alpha value is -3.23. The Bertz CT molecular complexity index is 757. The quantitative estimate of drug-likeness (QED) is 0.211. The minimum absolute atomic E-state index is 0.0133. The molecule has 0 radical (unpaired) electrons. The van der Waals surface area contributed by atoms with E-state index in [4.69, 9.17) is 5.73 Å². The smallest absolute Gasteiger partial charge is 0.326 e. The van der Waals surface area contributed by atoms with E-state index in [0.29, 0.717) is 31.6 Å². The molecule has 3 amide bonds. The van der Waals surface area contributed by atoms with Crippen LogP contribution >= 0.6 is 0 Å². The van der Waals surface area contributed by atoms with Gasteiger partial charge in [-0.3, -0.25) is 4.79 Å². The average molecular weight is 462 g/mol. The van der Waals surface area contributed by atoms with Gasteiger partial charge in [0.15, 0.2) is 0 Å². The number of primary amides is 1. The van der Waals surface area contributed by atoms with Crippen LogP contribution in [-0.4, -0.2) is 53.1 Å². The first-order valence-electron chi connectivity index (χ1n) is 11.4. The molecule has 1 unspecified atom stereocenters. The van der Waals surface area contributed by atoms with Crippen molar-refractivity contribution in [2.24, 2.45) is 11.7 Å². The van der Waals surface area contributed by atoms with Crippen LogP contribution in [0.5, 0.6) is 0 Å². The van der Waals surface area contributed by atoms with Crippen molar-refractivity contribution in [3.63, 3.8) is 0 Å². The van der Waals surface area contributed by atoms with Gasteiger partial charge >= 0.3 is 12.0 Å². The summed E-state index contributed by atoms with van der Waals surface area (Å²) in [5.41, 5.74) is 7.20. The average Bonchev–Trinajstić information content (AvgIpc) is 3.05. The number of carboxylic acids is 1. The molecule has 2 atom stereocenters. The molecule has 9 nitrogen and oxygen atoms in total. The number of hydrogen-bond acceptors (Lipinski definition) is 5. The molecule has 1 rings (SSSR count). The van der Waals surface area contributed by atoms with Crippen LogP contribution in [0.4, 0.5) is 4.79 Å². The molecule has 0 saturated heterocycles. The second-order valence-electron chi connectivity index (χ2n) is 8.59. The zero-order chi connectivity index (χ0) is 25.0. The second kappa shape index (κ2) is 14.0. The predicted molar refractivity (Wildman–Crippen MR) is 130 cm³/mol. The predicted octanol–water partition coefficient (Wildman–Crippen LogP) is 2.59. The van der Waals surface area contributed by atoms with Crippen molar-refractivity contribution in [1.29, 1.82) is 0 Å². The minimum atomic E-state index is -0.981. The molecular formula is C24H39N5O4. The van der Waals surface area contributed by atoms with E-state index in [1.165, 1.54) is 6.08 Å². The number of allylic oxidation sites excluding steroid dienone is 2. The van der Waals surface area contributed by atoms with Crippen molar-refractivity contribution < 1.29 is 19.5 Å². The van der Waals surface area contributed by atoms with Gasteiger partial charge in [-0.2, -0.15) is 0 Å². The standard InChI is InChI=1S/C24H39N5O4/c1-16(2)22(19(5)28-20(23(31)32)11-9-14-26-24(25)33)27-17(3)10-7-6-8-15-29-18(4)12-13-21(29)30/h12-13,16,20,22,27-28H,3-11,14-15H2,1-2H3,(H,31,32)(H3,25,26,33)/t20-,22?/m0/s1. The third kappa shape index (κ3) is 10.3. The number of nitrogens with zero attached hydrogens (tertiary/aromatic N) is 1. The number of nitrogens with one attached hydrogen (secondary N) is 3. The highest BCUT2D eigenvalue weighted by Crippen LogP contribution is 2.17. The zero-order valence-electron chi connectivity index (χ0n) is 19.9. The van der Waals surface area contributed by atoms with Gasteiger partial charge in [0.1, 0.15) is 6.04 Å². The summed E-state index contributed by atoms with van der Waals surface area (Å²) in [6, 6.07) is -1.63. The molecule has 184 valence electrons. The highest BCUT2D eigenvalue weighted by atomic mass is 16.4. The van der Waals surface area contributed by atoms with Crippen LogP contribution in [0, 0.1) is 5.92 Å². The van der Waals surface area contributed by atoms with Gasteiger partial charge < -0.3 is 31.7 Å². The fourth-order valence-corrected chi connectivity index (χ4v) is 3.56. The molecule has 0 bridgehead atoms. The summed E-state index contributed by atoms with van der Waals surface area (Å²) < 4.78 is 0. The van der Waals surface area contributed by atoms with Gasteiger partial charge in [-0.25, -0.2) is 9.59 Å². The van der Waals surface area contributed by atoms with Gasteiger partial charge in [-0.1, -0.05) is 40.0 Å². The highest BCUT2D eigenvalue weighted by molar-refractivity contribution is 5.92. The summed E-state index contributed by atoms with van der Waals surface area (Å²) in [6.45, 7) is 17.1. The van der Waals surface area contributed by atoms with Gasteiger partial charge in [0, 0.05) is 36.3 Å². The SMILES string of the molecule is C=C(CCCCCN1C(=C)C=CC1=O)NC(C(=C)N[C@@H](CCCNC(N)=O)C(=O)O)C(C)C. The van der Waals surface area contributed by atoms with E-state index in [1.807, 2.05) is 13.8 Å². The molecular weight excluding hydrogens is 422 g/mol. The Labute approximate surface area is 196 Å². The lowest BCUT2D eigenvalue weighted by atomic mass is 9.99. The third-order valence-corrected chi connectivity index (χ3v) is 5.42. The fraction of sp³-hybridized carbons (Fsp3) is 0.542. The maximum atomic E-state index is 11.7. The molecule has 0 saturated carbocycles. The molecule has 0 fully saturated rings. The number of urea groups is 1. The van der Waals surface area contributed by atoms with Crippen LogP contribution in [0.15, 0.2) is 49.0 Å². The van der Waals surface area contributed by atoms with Crippen molar-refractivity contribution in [2.45, 2.75) is 64.5 Å². The van der Waals surface area contributed by atoms with Crippen LogP contribution in [0.25, 0.3) is 0 Å². The molecule has 1 aliphatic rings. The summed E-state index contributed by atoms with van der Waals surface area (Å²) >= 11 is 0. The van der Waals surface area contributed by atoms with Gasteiger partial charge in [0.25, 0.3) is 5.91 Å². The van der Waals surface area contributed by atoms with Gasteiger partial charge in [0.2, 0.25) is 0 Å². The Morgan fingerprint density at radius 3 is 2.36 bits per heavy atom. The van der Waals surface area contributed by atoms with Crippen molar-refractivity contribution >= 4 is 17.9 Å². The van der Waals surface area contributed by atoms with Gasteiger partial charge in [0.05, 0.1) is 6.04 Å². The molecule has 9 heteroatoms. The largest absolute Gasteiger partial charge is 0.480 e. The first kappa shape index (κ1) is 27.8. The number of amides is 3. The number of aliphatic carboxylic acids is 1. The number of carboxylic acid groups (broad SMARTS) is 1. The number of carbonyl (C=O) groups excluding carboxylic acids is 2. The summed E-state index contributed by atoms with van der Waals surface area (Å²) in [7, 11) is 0. The molecule has 0 spiro atoms. The minimum Gasteiger partial charge on any atom is -0.480 e. The van der Waals surface area contributed by atoms with Crippen LogP contribution in [0.2, 0.25) is 0 Å². The third-order valence-electron chi connectivity index (χ3n) is 5.42. The number of carbonyl (C=O) groups is 3. The molecule has 0 aromatic rings. The zero-order valence-corrected chi connectivity index (χ0v) is 19.9. The molecule has 1 aliphatic heterocycles. The number of nitrogens with two attached hydrogens (primary N) is 1. The Morgan fingerprint density at radius 1 is 1.12 bits per heavy atom.